The highest BCUT2D eigenvalue weighted by Gasteiger charge is 2.27. The standard InChI is InChI=1S/C26H33ClN5O2P/c1-26(2,3)32-12-11-17-14-22(34-4)21(13-18(17)16-32)30-25-28-15-19(27)24(31-25)29-20-9-7-8-10-23(20)35(5,6)33/h7-10,13-15H,11-12,16H2,1-6H3,(H2,28,29,30,31). The molecule has 0 fully saturated rings. The average molecular weight is 514 g/mol. The lowest BCUT2D eigenvalue weighted by molar-refractivity contribution is 0.121. The number of para-hydroxylation sites is 1. The van der Waals surface area contributed by atoms with Crippen LogP contribution in [-0.2, 0) is 17.5 Å². The molecule has 0 saturated heterocycles. The van der Waals surface area contributed by atoms with E-state index in [2.05, 4.69) is 58.4 Å². The molecule has 0 saturated carbocycles. The zero-order chi connectivity index (χ0) is 25.4. The lowest BCUT2D eigenvalue weighted by atomic mass is 9.94. The van der Waals surface area contributed by atoms with E-state index in [1.165, 1.54) is 11.1 Å². The van der Waals surface area contributed by atoms with Crippen molar-refractivity contribution in [3.63, 3.8) is 0 Å². The van der Waals surface area contributed by atoms with Gasteiger partial charge >= 0.3 is 0 Å². The van der Waals surface area contributed by atoms with E-state index in [9.17, 15) is 4.57 Å². The summed E-state index contributed by atoms with van der Waals surface area (Å²) in [5, 5.41) is 7.65. The molecule has 0 unspecified atom stereocenters. The lowest BCUT2D eigenvalue weighted by Gasteiger charge is -2.39. The predicted octanol–water partition coefficient (Wildman–Crippen LogP) is 6.03. The number of anilines is 4. The number of rotatable bonds is 6. The SMILES string of the molecule is COc1cc2c(cc1Nc1ncc(Cl)c(Nc3ccccc3P(C)(C)=O)n1)CN(C(C)(C)C)CC2. The molecule has 3 aromatic rings. The highest BCUT2D eigenvalue weighted by molar-refractivity contribution is 7.70. The molecule has 186 valence electrons. The molecule has 0 atom stereocenters. The summed E-state index contributed by atoms with van der Waals surface area (Å²) in [4.78, 5) is 11.5. The number of hydrogen-bond acceptors (Lipinski definition) is 7. The van der Waals surface area contributed by atoms with Gasteiger partial charge in [0.05, 0.1) is 24.7 Å². The summed E-state index contributed by atoms with van der Waals surface area (Å²) >= 11 is 6.41. The van der Waals surface area contributed by atoms with Gasteiger partial charge in [-0.2, -0.15) is 4.98 Å². The molecule has 2 heterocycles. The number of methoxy groups -OCH3 is 1. The monoisotopic (exact) mass is 513 g/mol. The Bertz CT molecular complexity index is 1290. The van der Waals surface area contributed by atoms with Crippen LogP contribution in [0.2, 0.25) is 5.02 Å². The lowest BCUT2D eigenvalue weighted by Crippen LogP contribution is -2.44. The number of ether oxygens (including phenoxy) is 1. The van der Waals surface area contributed by atoms with E-state index in [4.69, 9.17) is 16.3 Å². The van der Waals surface area contributed by atoms with Gasteiger partial charge in [0.2, 0.25) is 5.95 Å². The Morgan fingerprint density at radius 3 is 2.51 bits per heavy atom. The van der Waals surface area contributed by atoms with E-state index in [1.807, 2.05) is 24.3 Å². The molecule has 0 spiro atoms. The molecule has 1 aromatic heterocycles. The van der Waals surface area contributed by atoms with E-state index < -0.39 is 7.14 Å². The number of nitrogens with zero attached hydrogens (tertiary/aromatic N) is 3. The third-order valence-corrected chi connectivity index (χ3v) is 8.04. The zero-order valence-corrected chi connectivity index (χ0v) is 22.8. The van der Waals surface area contributed by atoms with Crippen LogP contribution in [0.25, 0.3) is 0 Å². The number of halogens is 1. The molecule has 9 heteroatoms. The molecule has 1 aliphatic rings. The van der Waals surface area contributed by atoms with Gasteiger partial charge in [-0.05, 0) is 75.9 Å². The summed E-state index contributed by atoms with van der Waals surface area (Å²) in [5.41, 5.74) is 4.16. The van der Waals surface area contributed by atoms with Gasteiger partial charge in [0.15, 0.2) is 5.82 Å². The summed E-state index contributed by atoms with van der Waals surface area (Å²) in [6.45, 7) is 12.1. The van der Waals surface area contributed by atoms with Crippen molar-refractivity contribution in [2.75, 3.05) is 37.6 Å². The summed E-state index contributed by atoms with van der Waals surface area (Å²) in [7, 11) is -0.835. The number of aromatic nitrogens is 2. The van der Waals surface area contributed by atoms with Crippen LogP contribution in [0.15, 0.2) is 42.6 Å². The summed E-state index contributed by atoms with van der Waals surface area (Å²) in [6, 6.07) is 11.7. The smallest absolute Gasteiger partial charge is 0.229 e. The van der Waals surface area contributed by atoms with Crippen molar-refractivity contribution < 1.29 is 9.30 Å². The van der Waals surface area contributed by atoms with E-state index in [0.717, 1.165) is 36.3 Å². The Morgan fingerprint density at radius 2 is 1.83 bits per heavy atom. The largest absolute Gasteiger partial charge is 0.495 e. The Hall–Kier alpha value is -2.60. The maximum Gasteiger partial charge on any atom is 0.229 e. The fraction of sp³-hybridized carbons (Fsp3) is 0.385. The fourth-order valence-corrected chi connectivity index (χ4v) is 5.53. The topological polar surface area (TPSA) is 79.4 Å². The minimum Gasteiger partial charge on any atom is -0.495 e. The molecule has 0 aliphatic carbocycles. The van der Waals surface area contributed by atoms with Crippen LogP contribution in [0.1, 0.15) is 31.9 Å². The first-order chi connectivity index (χ1) is 16.5. The van der Waals surface area contributed by atoms with Gasteiger partial charge in [0.1, 0.15) is 17.9 Å². The minimum atomic E-state index is -2.50. The van der Waals surface area contributed by atoms with Gasteiger partial charge in [0, 0.05) is 23.9 Å². The van der Waals surface area contributed by atoms with Gasteiger partial charge in [-0.25, -0.2) is 4.98 Å². The number of fused-ring (bicyclic) bond motifs is 1. The van der Waals surface area contributed by atoms with Crippen molar-refractivity contribution in [3.8, 4) is 5.75 Å². The highest BCUT2D eigenvalue weighted by Crippen LogP contribution is 2.39. The van der Waals surface area contributed by atoms with Gasteiger partial charge < -0.3 is 19.9 Å². The molecule has 2 N–H and O–H groups in total. The number of hydrogen-bond donors (Lipinski definition) is 2. The van der Waals surface area contributed by atoms with Crippen LogP contribution in [-0.4, -0.2) is 47.4 Å². The third-order valence-electron chi connectivity index (χ3n) is 6.21. The van der Waals surface area contributed by atoms with Crippen molar-refractivity contribution in [3.05, 3.63) is 58.7 Å². The summed E-state index contributed by atoms with van der Waals surface area (Å²) in [5.74, 6) is 1.55. The van der Waals surface area contributed by atoms with E-state index in [-0.39, 0.29) is 5.54 Å². The van der Waals surface area contributed by atoms with Crippen molar-refractivity contribution in [1.82, 2.24) is 14.9 Å². The molecule has 35 heavy (non-hydrogen) atoms. The summed E-state index contributed by atoms with van der Waals surface area (Å²) < 4.78 is 18.4. The molecule has 1 aliphatic heterocycles. The molecule has 2 aromatic carbocycles. The van der Waals surface area contributed by atoms with E-state index in [0.29, 0.717) is 22.5 Å². The van der Waals surface area contributed by atoms with Gasteiger partial charge in [-0.1, -0.05) is 23.7 Å². The third kappa shape index (κ3) is 5.80. The molecular weight excluding hydrogens is 481 g/mol. The Kier molecular flexibility index (Phi) is 7.14. The Morgan fingerprint density at radius 1 is 1.09 bits per heavy atom. The van der Waals surface area contributed by atoms with Crippen molar-refractivity contribution >= 4 is 47.2 Å². The zero-order valence-electron chi connectivity index (χ0n) is 21.1. The molecule has 4 rings (SSSR count). The summed E-state index contributed by atoms with van der Waals surface area (Å²) in [6.07, 6.45) is 2.53. The molecule has 0 radical (unpaired) electrons. The first-order valence-electron chi connectivity index (χ1n) is 11.6. The van der Waals surface area contributed by atoms with Crippen LogP contribution in [0.5, 0.6) is 5.75 Å². The van der Waals surface area contributed by atoms with Crippen molar-refractivity contribution in [1.29, 1.82) is 0 Å². The second-order valence-electron chi connectivity index (χ2n) is 10.2. The highest BCUT2D eigenvalue weighted by atomic mass is 35.5. The normalized spacial score (nSPS) is 14.4. The first kappa shape index (κ1) is 25.5. The second kappa shape index (κ2) is 9.81. The minimum absolute atomic E-state index is 0.0995. The number of nitrogens with one attached hydrogen (secondary N) is 2. The van der Waals surface area contributed by atoms with Crippen LogP contribution < -0.4 is 20.7 Å². The first-order valence-corrected chi connectivity index (χ1v) is 14.6. The predicted molar refractivity (Wildman–Crippen MR) is 146 cm³/mol. The van der Waals surface area contributed by atoms with Gasteiger partial charge in [-0.3, -0.25) is 4.90 Å². The van der Waals surface area contributed by atoms with Crippen LogP contribution in [0, 0.1) is 0 Å². The molecule has 0 bridgehead atoms. The van der Waals surface area contributed by atoms with Gasteiger partial charge in [0.25, 0.3) is 0 Å². The maximum absolute atomic E-state index is 12.8. The molecule has 7 nitrogen and oxygen atoms in total. The van der Waals surface area contributed by atoms with Crippen molar-refractivity contribution in [2.45, 2.75) is 39.3 Å². The van der Waals surface area contributed by atoms with E-state index >= 15 is 0 Å². The van der Waals surface area contributed by atoms with Crippen LogP contribution in [0.3, 0.4) is 0 Å². The average Bonchev–Trinajstić information content (AvgIpc) is 2.79. The molecule has 0 amide bonds. The van der Waals surface area contributed by atoms with E-state index in [1.54, 1.807) is 26.6 Å². The maximum atomic E-state index is 12.8. The Balaban J connectivity index is 1.64. The fourth-order valence-electron chi connectivity index (χ4n) is 4.24. The van der Waals surface area contributed by atoms with Crippen LogP contribution in [0.4, 0.5) is 23.1 Å². The van der Waals surface area contributed by atoms with Gasteiger partial charge in [-0.15, -0.1) is 0 Å². The van der Waals surface area contributed by atoms with Crippen molar-refractivity contribution in [2.24, 2.45) is 0 Å². The molecular formula is C26H33ClN5O2P. The van der Waals surface area contributed by atoms with Crippen LogP contribution >= 0.6 is 18.7 Å². The quantitative estimate of drug-likeness (QED) is 0.389. The number of benzene rings is 2. The Labute approximate surface area is 212 Å². The second-order valence-corrected chi connectivity index (χ2v) is 13.8.